The van der Waals surface area contributed by atoms with Gasteiger partial charge in [-0.05, 0) is 48.6 Å². The predicted octanol–water partition coefficient (Wildman–Crippen LogP) is 5.35. The number of carbonyl (C=O) groups is 1. The molecule has 0 heterocycles. The summed E-state index contributed by atoms with van der Waals surface area (Å²) in [5.74, 6) is 0.452. The molecule has 1 fully saturated rings. The van der Waals surface area contributed by atoms with Crippen LogP contribution >= 0.6 is 0 Å². The summed E-state index contributed by atoms with van der Waals surface area (Å²) in [6.45, 7) is 0. The number of hydrogen-bond acceptors (Lipinski definition) is 2. The molecule has 3 nitrogen and oxygen atoms in total. The number of nitrogens with one attached hydrogen (secondary N) is 1. The van der Waals surface area contributed by atoms with E-state index in [1.54, 1.807) is 12.1 Å². The van der Waals surface area contributed by atoms with E-state index in [0.29, 0.717) is 11.5 Å². The molecule has 3 heteroatoms. The first-order valence-corrected chi connectivity index (χ1v) is 9.49. The maximum absolute atomic E-state index is 12.1. The molecule has 1 aromatic carbocycles. The quantitative estimate of drug-likeness (QED) is 0.581. The lowest BCUT2D eigenvalue weighted by atomic mass is 9.91. The monoisotopic (exact) mass is 346 g/mol. The van der Waals surface area contributed by atoms with Crippen molar-refractivity contribution in [2.45, 2.75) is 38.5 Å². The zero-order valence-corrected chi connectivity index (χ0v) is 15.1. The molecule has 0 aromatic heterocycles. The molecule has 0 aliphatic heterocycles. The van der Waals surface area contributed by atoms with Gasteiger partial charge < -0.3 is 0 Å². The zero-order chi connectivity index (χ0) is 18.0. The summed E-state index contributed by atoms with van der Waals surface area (Å²) in [5, 5.41) is 4.24. The number of benzene rings is 1. The Hall–Kier alpha value is -2.68. The van der Waals surface area contributed by atoms with Gasteiger partial charge in [-0.15, -0.1) is 0 Å². The van der Waals surface area contributed by atoms with Crippen LogP contribution in [0.3, 0.4) is 0 Å². The molecule has 1 saturated carbocycles. The molecule has 0 spiro atoms. The Bertz CT molecular complexity index is 746. The van der Waals surface area contributed by atoms with E-state index in [1.807, 2.05) is 42.5 Å². The normalized spacial score (nSPS) is 25.7. The topological polar surface area (TPSA) is 41.5 Å². The first kappa shape index (κ1) is 18.1. The van der Waals surface area contributed by atoms with Crippen molar-refractivity contribution in [2.75, 3.05) is 0 Å². The van der Waals surface area contributed by atoms with Gasteiger partial charge in [0.05, 0.1) is 5.71 Å². The van der Waals surface area contributed by atoms with Crippen LogP contribution < -0.4 is 5.43 Å². The van der Waals surface area contributed by atoms with Crippen molar-refractivity contribution in [3.8, 4) is 0 Å². The molecule has 3 rings (SSSR count). The number of hydrogen-bond donors (Lipinski definition) is 1. The van der Waals surface area contributed by atoms with Gasteiger partial charge in [-0.25, -0.2) is 5.43 Å². The van der Waals surface area contributed by atoms with Gasteiger partial charge in [-0.3, -0.25) is 4.79 Å². The van der Waals surface area contributed by atoms with Gasteiger partial charge in [0, 0.05) is 5.56 Å². The van der Waals surface area contributed by atoms with Crippen LogP contribution in [0.5, 0.6) is 0 Å². The van der Waals surface area contributed by atoms with Crippen molar-refractivity contribution in [3.63, 3.8) is 0 Å². The zero-order valence-electron chi connectivity index (χ0n) is 15.1. The van der Waals surface area contributed by atoms with Crippen LogP contribution in [0.25, 0.3) is 0 Å². The number of nitrogens with zero attached hydrogens (tertiary/aromatic N) is 1. The molecule has 2 aliphatic carbocycles. The molecular weight excluding hydrogens is 320 g/mol. The Balaban J connectivity index is 1.68. The highest BCUT2D eigenvalue weighted by molar-refractivity contribution is 6.05. The molecule has 134 valence electrons. The van der Waals surface area contributed by atoms with Gasteiger partial charge in [-0.2, -0.15) is 5.10 Å². The van der Waals surface area contributed by atoms with Crippen LogP contribution in [-0.2, 0) is 0 Å². The lowest BCUT2D eigenvalue weighted by Gasteiger charge is -2.15. The Morgan fingerprint density at radius 2 is 1.58 bits per heavy atom. The number of carbonyl (C=O) groups excluding carboxylic acids is 1. The molecule has 0 unspecified atom stereocenters. The maximum atomic E-state index is 12.1. The number of hydrazone groups is 1. The van der Waals surface area contributed by atoms with Crippen LogP contribution in [0.1, 0.15) is 48.9 Å². The van der Waals surface area contributed by atoms with E-state index in [-0.39, 0.29) is 5.91 Å². The molecule has 0 bridgehead atoms. The fourth-order valence-electron chi connectivity index (χ4n) is 3.42. The van der Waals surface area contributed by atoms with Gasteiger partial charge in [0.1, 0.15) is 0 Å². The summed E-state index contributed by atoms with van der Waals surface area (Å²) in [4.78, 5) is 12.1. The van der Waals surface area contributed by atoms with Crippen molar-refractivity contribution >= 4 is 11.6 Å². The Labute approximate surface area is 155 Å². The lowest BCUT2D eigenvalue weighted by molar-refractivity contribution is 0.0955. The summed E-state index contributed by atoms with van der Waals surface area (Å²) in [6.07, 6.45) is 22.3. The predicted molar refractivity (Wildman–Crippen MR) is 108 cm³/mol. The van der Waals surface area contributed by atoms with Crippen LogP contribution in [0.15, 0.2) is 83.5 Å². The van der Waals surface area contributed by atoms with Crippen molar-refractivity contribution in [3.05, 3.63) is 84.0 Å². The average Bonchev–Trinajstić information content (AvgIpc) is 2.90. The molecule has 0 saturated heterocycles. The van der Waals surface area contributed by atoms with Gasteiger partial charge in [0.15, 0.2) is 0 Å². The molecule has 0 radical (unpaired) electrons. The van der Waals surface area contributed by atoms with Crippen LogP contribution in [0, 0.1) is 5.92 Å². The molecule has 0 atom stereocenters. The van der Waals surface area contributed by atoms with E-state index in [0.717, 1.165) is 5.71 Å². The summed E-state index contributed by atoms with van der Waals surface area (Å²) in [5.41, 5.74) is 5.33. The first-order valence-electron chi connectivity index (χ1n) is 9.49. The van der Waals surface area contributed by atoms with Crippen molar-refractivity contribution in [1.82, 2.24) is 5.43 Å². The van der Waals surface area contributed by atoms with E-state index < -0.39 is 0 Å². The lowest BCUT2D eigenvalue weighted by Crippen LogP contribution is -2.18. The van der Waals surface area contributed by atoms with E-state index in [2.05, 4.69) is 28.8 Å². The van der Waals surface area contributed by atoms with Crippen LogP contribution in [0.4, 0.5) is 0 Å². The van der Waals surface area contributed by atoms with E-state index in [4.69, 9.17) is 0 Å². The fourth-order valence-corrected chi connectivity index (χ4v) is 3.42. The highest BCUT2D eigenvalue weighted by atomic mass is 16.2. The smallest absolute Gasteiger partial charge is 0.267 e. The van der Waals surface area contributed by atoms with E-state index >= 15 is 0 Å². The standard InChI is InChI=1S/C23H26N2O/c26-23(21-14-6-3-7-15-21)25-24-22-17-9-8-13-20(16-10-18-22)19-11-4-1-2-5-12-19/h3,6-10,13-19H,1-2,4-5,11-12H2,(H,25,26)/b13-8-,17-9-,18-10-,20-16+,24-22+. The second-order valence-corrected chi connectivity index (χ2v) is 6.78. The van der Waals surface area contributed by atoms with Crippen molar-refractivity contribution in [2.24, 2.45) is 11.0 Å². The summed E-state index contributed by atoms with van der Waals surface area (Å²) in [7, 11) is 0. The molecule has 1 N–H and O–H groups in total. The minimum atomic E-state index is -0.204. The first-order chi connectivity index (χ1) is 12.8. The third kappa shape index (κ3) is 5.41. The highest BCUT2D eigenvalue weighted by Gasteiger charge is 2.14. The summed E-state index contributed by atoms with van der Waals surface area (Å²) >= 11 is 0. The average molecular weight is 346 g/mol. The second-order valence-electron chi connectivity index (χ2n) is 6.78. The second kappa shape index (κ2) is 9.71. The van der Waals surface area contributed by atoms with Crippen molar-refractivity contribution < 1.29 is 4.79 Å². The Morgan fingerprint density at radius 3 is 2.35 bits per heavy atom. The highest BCUT2D eigenvalue weighted by Crippen LogP contribution is 2.29. The molecule has 2 aliphatic rings. The SMILES string of the molecule is O=C(N/N=C1\C=C/C=C\C(C2CCCCCC2)=C/C=C\1)c1ccccc1. The Kier molecular flexibility index (Phi) is 6.77. The molecule has 1 amide bonds. The number of allylic oxidation sites excluding steroid dienone is 8. The third-order valence-corrected chi connectivity index (χ3v) is 4.87. The molecule has 1 aromatic rings. The van der Waals surface area contributed by atoms with Crippen LogP contribution in [-0.4, -0.2) is 11.6 Å². The molecular formula is C23H26N2O. The number of rotatable bonds is 3. The van der Waals surface area contributed by atoms with Gasteiger partial charge in [0.25, 0.3) is 5.91 Å². The number of amides is 1. The minimum Gasteiger partial charge on any atom is -0.267 e. The van der Waals surface area contributed by atoms with Gasteiger partial charge in [0.2, 0.25) is 0 Å². The largest absolute Gasteiger partial charge is 0.271 e. The summed E-state index contributed by atoms with van der Waals surface area (Å²) < 4.78 is 0. The van der Waals surface area contributed by atoms with Gasteiger partial charge in [-0.1, -0.05) is 74.3 Å². The van der Waals surface area contributed by atoms with E-state index in [1.165, 1.54) is 44.1 Å². The van der Waals surface area contributed by atoms with Gasteiger partial charge >= 0.3 is 0 Å². The van der Waals surface area contributed by atoms with Crippen LogP contribution in [0.2, 0.25) is 0 Å². The molecule has 26 heavy (non-hydrogen) atoms. The minimum absolute atomic E-state index is 0.204. The Morgan fingerprint density at radius 1 is 0.885 bits per heavy atom. The third-order valence-electron chi connectivity index (χ3n) is 4.87. The summed E-state index contributed by atoms with van der Waals surface area (Å²) in [6, 6.07) is 9.11. The maximum Gasteiger partial charge on any atom is 0.271 e. The van der Waals surface area contributed by atoms with E-state index in [9.17, 15) is 4.79 Å². The van der Waals surface area contributed by atoms with Crippen molar-refractivity contribution in [1.29, 1.82) is 0 Å². The fraction of sp³-hybridized carbons (Fsp3) is 0.304.